The molecular weight excluding hydrogens is 258 g/mol. The Balaban J connectivity index is 2.17. The zero-order chi connectivity index (χ0) is 14.8. The van der Waals surface area contributed by atoms with Gasteiger partial charge in [0.25, 0.3) is 0 Å². The monoisotopic (exact) mass is 285 g/mol. The molecule has 0 spiro atoms. The number of carbonyl (C=O) groups is 2. The first-order chi connectivity index (χ1) is 9.69. The highest BCUT2D eigenvalue weighted by molar-refractivity contribution is 5.78. The van der Waals surface area contributed by atoms with Gasteiger partial charge in [0.05, 0.1) is 6.61 Å². The lowest BCUT2D eigenvalue weighted by Gasteiger charge is -2.22. The number of hydrogen-bond donors (Lipinski definition) is 2. The fourth-order valence-corrected chi connectivity index (χ4v) is 2.30. The Morgan fingerprint density at radius 3 is 2.80 bits per heavy atom. The van der Waals surface area contributed by atoms with Gasteiger partial charge in [0.15, 0.2) is 0 Å². The first kappa shape index (κ1) is 16.8. The zero-order valence-corrected chi connectivity index (χ0v) is 12.4. The number of aliphatic hydroxyl groups excluding tert-OH is 1. The van der Waals surface area contributed by atoms with Crippen molar-refractivity contribution < 1.29 is 14.7 Å². The van der Waals surface area contributed by atoms with Gasteiger partial charge in [0.2, 0.25) is 5.91 Å². The highest BCUT2D eigenvalue weighted by Crippen LogP contribution is 2.09. The van der Waals surface area contributed by atoms with Crippen LogP contribution < -0.4 is 5.32 Å². The minimum atomic E-state index is -0.125. The van der Waals surface area contributed by atoms with Gasteiger partial charge in [-0.1, -0.05) is 13.3 Å². The van der Waals surface area contributed by atoms with Crippen LogP contribution in [0.4, 0.5) is 4.79 Å². The predicted molar refractivity (Wildman–Crippen MR) is 77.4 cm³/mol. The smallest absolute Gasteiger partial charge is 0.317 e. The van der Waals surface area contributed by atoms with E-state index in [1.54, 1.807) is 4.90 Å². The van der Waals surface area contributed by atoms with Gasteiger partial charge in [0.1, 0.15) is 0 Å². The number of aliphatic hydroxyl groups is 1. The topological polar surface area (TPSA) is 72.9 Å². The predicted octanol–water partition coefficient (Wildman–Crippen LogP) is 0.803. The van der Waals surface area contributed by atoms with Gasteiger partial charge in [-0.2, -0.15) is 0 Å². The minimum Gasteiger partial charge on any atom is -0.395 e. The Morgan fingerprint density at radius 1 is 1.40 bits per heavy atom. The average molecular weight is 285 g/mol. The summed E-state index contributed by atoms with van der Waals surface area (Å²) in [6.07, 6.45) is 4.35. The molecule has 1 saturated heterocycles. The van der Waals surface area contributed by atoms with Gasteiger partial charge in [-0.25, -0.2) is 4.79 Å². The molecule has 0 unspecified atom stereocenters. The maximum absolute atomic E-state index is 11.9. The number of unbranched alkanes of at least 4 members (excludes halogenated alkanes) is 1. The highest BCUT2D eigenvalue weighted by Gasteiger charge is 2.19. The molecule has 0 aromatic carbocycles. The first-order valence-corrected chi connectivity index (χ1v) is 7.60. The number of hydrogen-bond acceptors (Lipinski definition) is 3. The zero-order valence-electron chi connectivity index (χ0n) is 12.4. The van der Waals surface area contributed by atoms with Gasteiger partial charge in [0, 0.05) is 39.1 Å². The van der Waals surface area contributed by atoms with Crippen LogP contribution in [0.3, 0.4) is 0 Å². The van der Waals surface area contributed by atoms with Crippen molar-refractivity contribution in [3.63, 3.8) is 0 Å². The van der Waals surface area contributed by atoms with E-state index in [9.17, 15) is 9.59 Å². The standard InChI is InChI=1S/C14H27N3O3/c1-2-3-8-17(11-12-18)14(20)15-7-5-10-16-9-4-6-13(16)19/h18H,2-12H2,1H3,(H,15,20). The summed E-state index contributed by atoms with van der Waals surface area (Å²) in [6.45, 7) is 5.23. The Labute approximate surface area is 121 Å². The van der Waals surface area contributed by atoms with Crippen LogP contribution in [0.15, 0.2) is 0 Å². The molecule has 1 aliphatic rings. The summed E-state index contributed by atoms with van der Waals surface area (Å²) in [5.74, 6) is 0.223. The maximum atomic E-state index is 11.9. The van der Waals surface area contributed by atoms with E-state index in [0.29, 0.717) is 32.6 Å². The number of likely N-dealkylation sites (tertiary alicyclic amines) is 1. The minimum absolute atomic E-state index is 0.0145. The van der Waals surface area contributed by atoms with Crippen LogP contribution in [-0.4, -0.2) is 66.2 Å². The van der Waals surface area contributed by atoms with E-state index in [1.807, 2.05) is 4.90 Å². The van der Waals surface area contributed by atoms with Crippen molar-refractivity contribution >= 4 is 11.9 Å². The Morgan fingerprint density at radius 2 is 2.20 bits per heavy atom. The number of rotatable bonds is 9. The van der Waals surface area contributed by atoms with Crippen molar-refractivity contribution in [3.8, 4) is 0 Å². The van der Waals surface area contributed by atoms with Gasteiger partial charge in [-0.15, -0.1) is 0 Å². The van der Waals surface area contributed by atoms with E-state index >= 15 is 0 Å². The van der Waals surface area contributed by atoms with E-state index in [2.05, 4.69) is 12.2 Å². The molecule has 1 fully saturated rings. The van der Waals surface area contributed by atoms with Gasteiger partial charge >= 0.3 is 6.03 Å². The van der Waals surface area contributed by atoms with Crippen LogP contribution in [-0.2, 0) is 4.79 Å². The molecule has 0 aromatic heterocycles. The molecule has 6 heteroatoms. The summed E-state index contributed by atoms with van der Waals surface area (Å²) in [4.78, 5) is 26.8. The van der Waals surface area contributed by atoms with Crippen molar-refractivity contribution in [3.05, 3.63) is 0 Å². The molecule has 1 rings (SSSR count). The average Bonchev–Trinajstić information content (AvgIpc) is 2.85. The van der Waals surface area contributed by atoms with E-state index in [4.69, 9.17) is 5.11 Å². The molecule has 0 saturated carbocycles. The fraction of sp³-hybridized carbons (Fsp3) is 0.857. The van der Waals surface area contributed by atoms with Crippen LogP contribution >= 0.6 is 0 Å². The lowest BCUT2D eigenvalue weighted by Crippen LogP contribution is -2.42. The van der Waals surface area contributed by atoms with Crippen LogP contribution in [0.5, 0.6) is 0 Å². The summed E-state index contributed by atoms with van der Waals surface area (Å²) in [5, 5.41) is 11.8. The molecular formula is C14H27N3O3. The SMILES string of the molecule is CCCCN(CCO)C(=O)NCCCN1CCCC1=O. The van der Waals surface area contributed by atoms with Crippen molar-refractivity contribution in [1.82, 2.24) is 15.1 Å². The molecule has 0 bridgehead atoms. The second-order valence-corrected chi connectivity index (χ2v) is 5.13. The van der Waals surface area contributed by atoms with Crippen LogP contribution in [0.2, 0.25) is 0 Å². The Bertz CT molecular complexity index is 310. The summed E-state index contributed by atoms with van der Waals surface area (Å²) < 4.78 is 0. The van der Waals surface area contributed by atoms with Crippen LogP contribution in [0.25, 0.3) is 0 Å². The Kier molecular flexibility index (Phi) is 8.02. The fourth-order valence-electron chi connectivity index (χ4n) is 2.30. The molecule has 1 heterocycles. The molecule has 116 valence electrons. The summed E-state index contributed by atoms with van der Waals surface area (Å²) in [7, 11) is 0. The molecule has 0 radical (unpaired) electrons. The van der Waals surface area contributed by atoms with Gasteiger partial charge < -0.3 is 20.2 Å². The van der Waals surface area contributed by atoms with Crippen molar-refractivity contribution in [2.24, 2.45) is 0 Å². The van der Waals surface area contributed by atoms with E-state index < -0.39 is 0 Å². The normalized spacial score (nSPS) is 14.7. The molecule has 0 aliphatic carbocycles. The van der Waals surface area contributed by atoms with E-state index in [0.717, 1.165) is 32.2 Å². The molecule has 6 nitrogen and oxygen atoms in total. The third-order valence-electron chi connectivity index (χ3n) is 3.49. The second-order valence-electron chi connectivity index (χ2n) is 5.13. The largest absolute Gasteiger partial charge is 0.395 e. The molecule has 0 atom stereocenters. The van der Waals surface area contributed by atoms with Crippen LogP contribution in [0, 0.1) is 0 Å². The van der Waals surface area contributed by atoms with E-state index in [-0.39, 0.29) is 18.5 Å². The molecule has 3 amide bonds. The van der Waals surface area contributed by atoms with Crippen molar-refractivity contribution in [1.29, 1.82) is 0 Å². The summed E-state index contributed by atoms with van der Waals surface area (Å²) >= 11 is 0. The molecule has 2 N–H and O–H groups in total. The van der Waals surface area contributed by atoms with E-state index in [1.165, 1.54) is 0 Å². The summed E-state index contributed by atoms with van der Waals surface area (Å²) in [5.41, 5.74) is 0. The van der Waals surface area contributed by atoms with Gasteiger partial charge in [-0.05, 0) is 19.3 Å². The van der Waals surface area contributed by atoms with Gasteiger partial charge in [-0.3, -0.25) is 4.79 Å². The number of carbonyl (C=O) groups excluding carboxylic acids is 2. The lowest BCUT2D eigenvalue weighted by molar-refractivity contribution is -0.127. The number of nitrogens with one attached hydrogen (secondary N) is 1. The quantitative estimate of drug-likeness (QED) is 0.616. The molecule has 20 heavy (non-hydrogen) atoms. The number of amides is 3. The van der Waals surface area contributed by atoms with Crippen LogP contribution in [0.1, 0.15) is 39.0 Å². The molecule has 1 aliphatic heterocycles. The summed E-state index contributed by atoms with van der Waals surface area (Å²) in [6, 6.07) is -0.125. The van der Waals surface area contributed by atoms with Crippen molar-refractivity contribution in [2.75, 3.05) is 39.3 Å². The highest BCUT2D eigenvalue weighted by atomic mass is 16.3. The Hall–Kier alpha value is -1.30. The third-order valence-corrected chi connectivity index (χ3v) is 3.49. The number of urea groups is 1. The molecule has 0 aromatic rings. The lowest BCUT2D eigenvalue weighted by atomic mass is 10.3. The second kappa shape index (κ2) is 9.58. The first-order valence-electron chi connectivity index (χ1n) is 7.60. The number of nitrogens with zero attached hydrogens (tertiary/aromatic N) is 2. The van der Waals surface area contributed by atoms with Crippen molar-refractivity contribution in [2.45, 2.75) is 39.0 Å². The maximum Gasteiger partial charge on any atom is 0.317 e. The third kappa shape index (κ3) is 5.77.